The predicted octanol–water partition coefficient (Wildman–Crippen LogP) is 2.04. The standard InChI is InChI=1S/C17H27N7.HI/c1-3-9-19-17(20-11-8-15-7-5-6-10-18-15)21-12-13-24-14-22-23-16(24)4-2;/h5-7,10,14H,3-4,8-9,11-13H2,1-2H3,(H2,19,20,21);1H. The van der Waals surface area contributed by atoms with Gasteiger partial charge in [0.25, 0.3) is 0 Å². The Bertz CT molecular complexity index is 612. The van der Waals surface area contributed by atoms with Crippen LogP contribution >= 0.6 is 24.0 Å². The Kier molecular flexibility index (Phi) is 10.8. The summed E-state index contributed by atoms with van der Waals surface area (Å²) in [6.45, 7) is 7.43. The van der Waals surface area contributed by atoms with E-state index in [9.17, 15) is 0 Å². The van der Waals surface area contributed by atoms with Gasteiger partial charge in [-0.1, -0.05) is 19.9 Å². The third-order valence-corrected chi connectivity index (χ3v) is 3.55. The van der Waals surface area contributed by atoms with Gasteiger partial charge in [0.1, 0.15) is 12.2 Å². The fourth-order valence-electron chi connectivity index (χ4n) is 2.29. The molecule has 2 rings (SSSR count). The maximum absolute atomic E-state index is 4.57. The van der Waals surface area contributed by atoms with E-state index >= 15 is 0 Å². The lowest BCUT2D eigenvalue weighted by Gasteiger charge is -2.13. The maximum atomic E-state index is 4.57. The summed E-state index contributed by atoms with van der Waals surface area (Å²) in [5.41, 5.74) is 1.08. The van der Waals surface area contributed by atoms with Gasteiger partial charge < -0.3 is 15.2 Å². The first-order valence-corrected chi connectivity index (χ1v) is 8.62. The second-order valence-corrected chi connectivity index (χ2v) is 5.45. The van der Waals surface area contributed by atoms with Gasteiger partial charge in [-0.15, -0.1) is 34.2 Å². The molecular weight excluding hydrogens is 429 g/mol. The fraction of sp³-hybridized carbons (Fsp3) is 0.529. The number of aliphatic imine (C=N–C) groups is 1. The Hall–Kier alpha value is -1.71. The number of rotatable bonds is 9. The highest BCUT2D eigenvalue weighted by Crippen LogP contribution is 1.95. The molecular formula is C17H28IN7. The van der Waals surface area contributed by atoms with Crippen LogP contribution in [0.1, 0.15) is 31.8 Å². The van der Waals surface area contributed by atoms with Crippen molar-refractivity contribution in [3.63, 3.8) is 0 Å². The first kappa shape index (κ1) is 21.3. The van der Waals surface area contributed by atoms with E-state index in [1.807, 2.05) is 24.4 Å². The van der Waals surface area contributed by atoms with Gasteiger partial charge in [0, 0.05) is 50.9 Å². The van der Waals surface area contributed by atoms with Crippen molar-refractivity contribution in [3.05, 3.63) is 42.2 Å². The normalized spacial score (nSPS) is 11.0. The average Bonchev–Trinajstić information content (AvgIpc) is 3.07. The van der Waals surface area contributed by atoms with Gasteiger partial charge in [0.05, 0.1) is 0 Å². The first-order chi connectivity index (χ1) is 11.8. The molecule has 2 N–H and O–H groups in total. The molecule has 0 aliphatic carbocycles. The molecule has 2 heterocycles. The highest BCUT2D eigenvalue weighted by Gasteiger charge is 2.03. The van der Waals surface area contributed by atoms with Crippen molar-refractivity contribution < 1.29 is 0 Å². The van der Waals surface area contributed by atoms with Gasteiger partial charge in [-0.3, -0.25) is 9.98 Å². The fourth-order valence-corrected chi connectivity index (χ4v) is 2.29. The van der Waals surface area contributed by atoms with Crippen LogP contribution in [0.15, 0.2) is 35.7 Å². The van der Waals surface area contributed by atoms with E-state index in [0.29, 0.717) is 0 Å². The van der Waals surface area contributed by atoms with Crippen molar-refractivity contribution in [2.24, 2.45) is 4.99 Å². The molecule has 0 aliphatic heterocycles. The van der Waals surface area contributed by atoms with Crippen LogP contribution in [0, 0.1) is 0 Å². The van der Waals surface area contributed by atoms with Crippen LogP contribution in [-0.2, 0) is 19.4 Å². The number of nitrogens with zero attached hydrogens (tertiary/aromatic N) is 5. The molecule has 138 valence electrons. The Labute approximate surface area is 166 Å². The second kappa shape index (κ2) is 12.6. The van der Waals surface area contributed by atoms with Crippen molar-refractivity contribution in [1.82, 2.24) is 30.4 Å². The SMILES string of the molecule is CCCN=C(NCCc1ccccn1)NCCn1cnnc1CC.I. The zero-order valence-corrected chi connectivity index (χ0v) is 17.3. The molecule has 0 bridgehead atoms. The van der Waals surface area contributed by atoms with Gasteiger partial charge in [-0.2, -0.15) is 0 Å². The molecule has 0 spiro atoms. The number of halogens is 1. The topological polar surface area (TPSA) is 80.0 Å². The Balaban J connectivity index is 0.00000312. The number of nitrogens with one attached hydrogen (secondary N) is 2. The summed E-state index contributed by atoms with van der Waals surface area (Å²) in [6, 6.07) is 5.98. The summed E-state index contributed by atoms with van der Waals surface area (Å²) in [5, 5.41) is 14.8. The monoisotopic (exact) mass is 457 g/mol. The Morgan fingerprint density at radius 3 is 2.76 bits per heavy atom. The molecule has 0 saturated heterocycles. The number of aryl methyl sites for hydroxylation is 1. The average molecular weight is 457 g/mol. The molecule has 25 heavy (non-hydrogen) atoms. The summed E-state index contributed by atoms with van der Waals surface area (Å²) in [6.07, 6.45) is 6.39. The summed E-state index contributed by atoms with van der Waals surface area (Å²) >= 11 is 0. The Morgan fingerprint density at radius 2 is 2.04 bits per heavy atom. The zero-order valence-electron chi connectivity index (χ0n) is 15.0. The Morgan fingerprint density at radius 1 is 1.20 bits per heavy atom. The first-order valence-electron chi connectivity index (χ1n) is 8.62. The summed E-state index contributed by atoms with van der Waals surface area (Å²) in [4.78, 5) is 8.90. The molecule has 0 fully saturated rings. The second-order valence-electron chi connectivity index (χ2n) is 5.45. The molecule has 0 amide bonds. The molecule has 0 atom stereocenters. The van der Waals surface area contributed by atoms with E-state index in [1.54, 1.807) is 6.33 Å². The van der Waals surface area contributed by atoms with Crippen LogP contribution in [0.5, 0.6) is 0 Å². The molecule has 0 unspecified atom stereocenters. The van der Waals surface area contributed by atoms with E-state index in [0.717, 1.165) is 62.9 Å². The van der Waals surface area contributed by atoms with Gasteiger partial charge in [0.2, 0.25) is 0 Å². The number of pyridine rings is 1. The van der Waals surface area contributed by atoms with Crippen molar-refractivity contribution in [1.29, 1.82) is 0 Å². The number of hydrogen-bond acceptors (Lipinski definition) is 4. The van der Waals surface area contributed by atoms with Crippen LogP contribution in [0.2, 0.25) is 0 Å². The lowest BCUT2D eigenvalue weighted by Crippen LogP contribution is -2.40. The highest BCUT2D eigenvalue weighted by atomic mass is 127. The van der Waals surface area contributed by atoms with Crippen molar-refractivity contribution in [2.75, 3.05) is 19.6 Å². The van der Waals surface area contributed by atoms with E-state index in [1.165, 1.54) is 0 Å². The minimum Gasteiger partial charge on any atom is -0.356 e. The van der Waals surface area contributed by atoms with Gasteiger partial charge >= 0.3 is 0 Å². The number of guanidine groups is 1. The molecule has 2 aromatic heterocycles. The molecule has 0 aliphatic rings. The van der Waals surface area contributed by atoms with E-state index in [4.69, 9.17) is 0 Å². The third kappa shape index (κ3) is 7.80. The van der Waals surface area contributed by atoms with Crippen LogP contribution < -0.4 is 10.6 Å². The summed E-state index contributed by atoms with van der Waals surface area (Å²) in [5.74, 6) is 1.85. The van der Waals surface area contributed by atoms with Crippen LogP contribution in [0.3, 0.4) is 0 Å². The van der Waals surface area contributed by atoms with E-state index in [2.05, 4.69) is 49.2 Å². The maximum Gasteiger partial charge on any atom is 0.191 e. The summed E-state index contributed by atoms with van der Waals surface area (Å²) < 4.78 is 2.07. The number of aromatic nitrogens is 4. The minimum absolute atomic E-state index is 0. The smallest absolute Gasteiger partial charge is 0.191 e. The van der Waals surface area contributed by atoms with Gasteiger partial charge in [-0.25, -0.2) is 0 Å². The molecule has 2 aromatic rings. The van der Waals surface area contributed by atoms with Crippen LogP contribution in [-0.4, -0.2) is 45.3 Å². The van der Waals surface area contributed by atoms with Crippen molar-refractivity contribution >= 4 is 29.9 Å². The lowest BCUT2D eigenvalue weighted by atomic mass is 10.3. The van der Waals surface area contributed by atoms with Gasteiger partial charge in [-0.05, 0) is 18.6 Å². The molecule has 0 aromatic carbocycles. The molecule has 0 saturated carbocycles. The highest BCUT2D eigenvalue weighted by molar-refractivity contribution is 14.0. The van der Waals surface area contributed by atoms with Crippen LogP contribution in [0.25, 0.3) is 0 Å². The number of hydrogen-bond donors (Lipinski definition) is 2. The van der Waals surface area contributed by atoms with Crippen LogP contribution in [0.4, 0.5) is 0 Å². The molecule has 0 radical (unpaired) electrons. The quantitative estimate of drug-likeness (QED) is 0.342. The molecule has 7 nitrogen and oxygen atoms in total. The predicted molar refractivity (Wildman–Crippen MR) is 111 cm³/mol. The minimum atomic E-state index is 0. The van der Waals surface area contributed by atoms with Crippen molar-refractivity contribution in [2.45, 2.75) is 39.7 Å². The van der Waals surface area contributed by atoms with Gasteiger partial charge in [0.15, 0.2) is 5.96 Å². The molecule has 8 heteroatoms. The van der Waals surface area contributed by atoms with E-state index in [-0.39, 0.29) is 24.0 Å². The summed E-state index contributed by atoms with van der Waals surface area (Å²) in [7, 11) is 0. The zero-order chi connectivity index (χ0) is 17.0. The van der Waals surface area contributed by atoms with Crippen molar-refractivity contribution in [3.8, 4) is 0 Å². The van der Waals surface area contributed by atoms with E-state index < -0.39 is 0 Å². The third-order valence-electron chi connectivity index (χ3n) is 3.55. The lowest BCUT2D eigenvalue weighted by molar-refractivity contribution is 0.631. The largest absolute Gasteiger partial charge is 0.356 e.